The first kappa shape index (κ1) is 21.7. The number of benzene rings is 2. The van der Waals surface area contributed by atoms with Gasteiger partial charge in [0.05, 0.1) is 0 Å². The lowest BCUT2D eigenvalue weighted by Gasteiger charge is -2.29. The zero-order chi connectivity index (χ0) is 22.0. The molecule has 1 aromatic heterocycles. The van der Waals surface area contributed by atoms with Crippen molar-refractivity contribution in [1.82, 2.24) is 9.27 Å². The number of halogens is 1. The Hall–Kier alpha value is -2.49. The summed E-state index contributed by atoms with van der Waals surface area (Å²) in [5.41, 5.74) is 2.69. The van der Waals surface area contributed by atoms with Crippen molar-refractivity contribution >= 4 is 33.1 Å². The summed E-state index contributed by atoms with van der Waals surface area (Å²) in [7, 11) is -2.10. The number of hydrogen-bond donors (Lipinski definition) is 1. The van der Waals surface area contributed by atoms with Crippen molar-refractivity contribution in [3.63, 3.8) is 0 Å². The number of rotatable bonds is 7. The van der Waals surface area contributed by atoms with E-state index in [4.69, 9.17) is 0 Å². The molecular weight excluding hydrogens is 435 g/mol. The highest BCUT2D eigenvalue weighted by molar-refractivity contribution is 7.92. The average Bonchev–Trinajstić information content (AvgIpc) is 3.41. The molecular formula is C22H25FN4O2S2. The Morgan fingerprint density at radius 1 is 1.26 bits per heavy atom. The van der Waals surface area contributed by atoms with Crippen LogP contribution in [0.2, 0.25) is 0 Å². The lowest BCUT2D eigenvalue weighted by Crippen LogP contribution is -2.35. The van der Waals surface area contributed by atoms with Crippen LogP contribution in [0.1, 0.15) is 17.5 Å². The van der Waals surface area contributed by atoms with Gasteiger partial charge in [0.25, 0.3) is 10.0 Å². The Balaban J connectivity index is 1.49. The maximum absolute atomic E-state index is 14.9. The third kappa shape index (κ3) is 4.89. The number of aryl methyl sites for hydroxylation is 1. The second kappa shape index (κ2) is 8.94. The van der Waals surface area contributed by atoms with Gasteiger partial charge >= 0.3 is 0 Å². The summed E-state index contributed by atoms with van der Waals surface area (Å²) < 4.78 is 46.4. The molecule has 164 valence electrons. The van der Waals surface area contributed by atoms with Crippen LogP contribution in [0.5, 0.6) is 0 Å². The molecule has 0 aliphatic carbocycles. The predicted molar refractivity (Wildman–Crippen MR) is 123 cm³/mol. The van der Waals surface area contributed by atoms with Crippen LogP contribution in [0.25, 0.3) is 0 Å². The van der Waals surface area contributed by atoms with Crippen LogP contribution in [0.3, 0.4) is 0 Å². The van der Waals surface area contributed by atoms with Gasteiger partial charge in [-0.2, -0.15) is 4.37 Å². The molecule has 1 aliphatic heterocycles. The van der Waals surface area contributed by atoms with E-state index in [0.29, 0.717) is 11.3 Å². The van der Waals surface area contributed by atoms with Crippen molar-refractivity contribution < 1.29 is 12.8 Å². The quantitative estimate of drug-likeness (QED) is 0.575. The first-order valence-electron chi connectivity index (χ1n) is 10.1. The standard InChI is InChI=1S/C22H25FN4O2S2/c1-16-12-21(31(28,29)25-22-9-11-30-24-22)19(23)13-20(16)26(2)18-8-10-27(15-18)14-17-6-4-3-5-7-17/h3-7,9,11-13,18H,8,10,14-15H2,1-2H3,(H,24,25)/t18-/m0/s1. The zero-order valence-corrected chi connectivity index (χ0v) is 19.1. The van der Waals surface area contributed by atoms with Gasteiger partial charge in [-0.05, 0) is 54.2 Å². The number of anilines is 2. The maximum atomic E-state index is 14.9. The summed E-state index contributed by atoms with van der Waals surface area (Å²) in [6.07, 6.45) is 0.968. The van der Waals surface area contributed by atoms with Crippen LogP contribution >= 0.6 is 11.5 Å². The van der Waals surface area contributed by atoms with Crippen molar-refractivity contribution in [3.05, 3.63) is 70.9 Å². The molecule has 2 heterocycles. The molecule has 1 saturated heterocycles. The lowest BCUT2D eigenvalue weighted by atomic mass is 10.1. The Morgan fingerprint density at radius 3 is 2.74 bits per heavy atom. The summed E-state index contributed by atoms with van der Waals surface area (Å²) in [6.45, 7) is 4.54. The van der Waals surface area contributed by atoms with Gasteiger partial charge in [0.15, 0.2) is 5.82 Å². The lowest BCUT2D eigenvalue weighted by molar-refractivity contribution is 0.326. The van der Waals surface area contributed by atoms with Gasteiger partial charge in [0, 0.05) is 43.8 Å². The van der Waals surface area contributed by atoms with E-state index in [1.165, 1.54) is 23.8 Å². The van der Waals surface area contributed by atoms with Crippen LogP contribution in [0.15, 0.2) is 58.8 Å². The minimum Gasteiger partial charge on any atom is -0.370 e. The third-order valence-electron chi connectivity index (χ3n) is 5.64. The highest BCUT2D eigenvalue weighted by Gasteiger charge is 2.28. The molecule has 6 nitrogen and oxygen atoms in total. The van der Waals surface area contributed by atoms with Crippen LogP contribution < -0.4 is 9.62 Å². The normalized spacial score (nSPS) is 17.1. The highest BCUT2D eigenvalue weighted by atomic mass is 32.2. The first-order valence-corrected chi connectivity index (χ1v) is 12.4. The highest BCUT2D eigenvalue weighted by Crippen LogP contribution is 2.30. The fourth-order valence-corrected chi connectivity index (χ4v) is 5.67. The Labute approximate surface area is 186 Å². The Bertz CT molecular complexity index is 1140. The van der Waals surface area contributed by atoms with E-state index >= 15 is 0 Å². The number of aromatic nitrogens is 1. The zero-order valence-electron chi connectivity index (χ0n) is 17.5. The van der Waals surface area contributed by atoms with E-state index in [1.54, 1.807) is 5.38 Å². The molecule has 3 aromatic rings. The number of hydrogen-bond acceptors (Lipinski definition) is 6. The van der Waals surface area contributed by atoms with Crippen molar-refractivity contribution in [1.29, 1.82) is 0 Å². The van der Waals surface area contributed by atoms with E-state index in [-0.39, 0.29) is 16.8 Å². The van der Waals surface area contributed by atoms with E-state index in [1.807, 2.05) is 32.2 Å². The molecule has 1 N–H and O–H groups in total. The number of nitrogens with zero attached hydrogens (tertiary/aromatic N) is 3. The topological polar surface area (TPSA) is 65.5 Å². The summed E-state index contributed by atoms with van der Waals surface area (Å²) >= 11 is 1.12. The molecule has 31 heavy (non-hydrogen) atoms. The molecule has 0 radical (unpaired) electrons. The van der Waals surface area contributed by atoms with Gasteiger partial charge in [-0.3, -0.25) is 9.62 Å². The van der Waals surface area contributed by atoms with Gasteiger partial charge in [-0.1, -0.05) is 30.3 Å². The van der Waals surface area contributed by atoms with Crippen LogP contribution in [0, 0.1) is 12.7 Å². The molecule has 2 aromatic carbocycles. The second-order valence-corrected chi connectivity index (χ2v) is 10.1. The van der Waals surface area contributed by atoms with E-state index < -0.39 is 15.8 Å². The second-order valence-electron chi connectivity index (χ2n) is 7.83. The van der Waals surface area contributed by atoms with Crippen LogP contribution in [0.4, 0.5) is 15.9 Å². The Kier molecular flexibility index (Phi) is 6.27. The number of sulfonamides is 1. The molecule has 0 bridgehead atoms. The van der Waals surface area contributed by atoms with Gasteiger partial charge in [0.2, 0.25) is 0 Å². The predicted octanol–water partition coefficient (Wildman–Crippen LogP) is 4.10. The molecule has 9 heteroatoms. The van der Waals surface area contributed by atoms with Crippen molar-refractivity contribution in [3.8, 4) is 0 Å². The largest absolute Gasteiger partial charge is 0.370 e. The molecule has 0 unspecified atom stereocenters. The average molecular weight is 461 g/mol. The van der Waals surface area contributed by atoms with Gasteiger partial charge in [-0.25, -0.2) is 12.8 Å². The third-order valence-corrected chi connectivity index (χ3v) is 7.57. The smallest absolute Gasteiger partial charge is 0.266 e. The van der Waals surface area contributed by atoms with Crippen LogP contribution in [-0.4, -0.2) is 43.9 Å². The summed E-state index contributed by atoms with van der Waals surface area (Å²) in [5, 5.41) is 1.65. The molecule has 1 fully saturated rings. The Morgan fingerprint density at radius 2 is 2.03 bits per heavy atom. The molecule has 0 amide bonds. The summed E-state index contributed by atoms with van der Waals surface area (Å²) in [6, 6.07) is 14.8. The number of likely N-dealkylation sites (N-methyl/N-ethyl adjacent to an activating group) is 1. The SMILES string of the molecule is Cc1cc(S(=O)(=O)Nc2ccsn2)c(F)cc1N(C)[C@H]1CCN(Cc2ccccc2)C1. The fraction of sp³-hybridized carbons (Fsp3) is 0.318. The van der Waals surface area contributed by atoms with Gasteiger partial charge < -0.3 is 4.90 Å². The number of likely N-dealkylation sites (tertiary alicyclic amines) is 1. The maximum Gasteiger partial charge on any atom is 0.266 e. The molecule has 0 spiro atoms. The summed E-state index contributed by atoms with van der Waals surface area (Å²) in [4.78, 5) is 4.08. The minimum absolute atomic E-state index is 0.188. The number of nitrogens with one attached hydrogen (secondary N) is 1. The summed E-state index contributed by atoms with van der Waals surface area (Å²) in [5.74, 6) is -0.581. The molecule has 1 atom stereocenters. The molecule has 4 rings (SSSR count). The van der Waals surface area contributed by atoms with E-state index in [2.05, 4.69) is 31.0 Å². The molecule has 1 aliphatic rings. The fourth-order valence-electron chi connectivity index (χ4n) is 4.00. The molecule has 0 saturated carbocycles. The van der Waals surface area contributed by atoms with Crippen LogP contribution in [-0.2, 0) is 16.6 Å². The monoisotopic (exact) mass is 460 g/mol. The van der Waals surface area contributed by atoms with E-state index in [9.17, 15) is 12.8 Å². The minimum atomic E-state index is -4.05. The van der Waals surface area contributed by atoms with E-state index in [0.717, 1.165) is 37.6 Å². The van der Waals surface area contributed by atoms with Crippen molar-refractivity contribution in [2.75, 3.05) is 29.8 Å². The van der Waals surface area contributed by atoms with Crippen molar-refractivity contribution in [2.45, 2.75) is 30.8 Å². The van der Waals surface area contributed by atoms with Gasteiger partial charge in [0.1, 0.15) is 10.7 Å². The first-order chi connectivity index (χ1) is 14.8. The van der Waals surface area contributed by atoms with Gasteiger partial charge in [-0.15, -0.1) is 0 Å². The van der Waals surface area contributed by atoms with Crippen molar-refractivity contribution in [2.24, 2.45) is 0 Å².